The molecule has 4 aliphatic carbocycles. The summed E-state index contributed by atoms with van der Waals surface area (Å²) in [6.45, 7) is 4.06. The van der Waals surface area contributed by atoms with Gasteiger partial charge in [-0.15, -0.1) is 0 Å². The van der Waals surface area contributed by atoms with E-state index in [1.807, 2.05) is 0 Å². The smallest absolute Gasteiger partial charge is 0.309 e. The van der Waals surface area contributed by atoms with Crippen LogP contribution in [0.4, 0.5) is 0 Å². The average molecular weight is 308 g/mol. The molecule has 4 heteroatoms. The van der Waals surface area contributed by atoms with Gasteiger partial charge in [0, 0.05) is 6.42 Å². The average Bonchev–Trinajstić information content (AvgIpc) is 2.50. The van der Waals surface area contributed by atoms with E-state index in [4.69, 9.17) is 9.47 Å². The normalized spacial score (nSPS) is 38.8. The predicted octanol–water partition coefficient (Wildman–Crippen LogP) is 3.48. The van der Waals surface area contributed by atoms with E-state index in [0.717, 1.165) is 18.3 Å². The van der Waals surface area contributed by atoms with Gasteiger partial charge in [-0.2, -0.15) is 0 Å². The lowest BCUT2D eigenvalue weighted by atomic mass is 9.49. The molecule has 0 aromatic carbocycles. The summed E-state index contributed by atoms with van der Waals surface area (Å²) in [4.78, 5) is 23.4. The van der Waals surface area contributed by atoms with Crippen molar-refractivity contribution in [3.05, 3.63) is 0 Å². The van der Waals surface area contributed by atoms with Crippen LogP contribution < -0.4 is 0 Å². The SMILES string of the molecule is CCC(=O)OCCC(=O)OC1(CC)C2CC3CC(C2)CC1C3. The summed E-state index contributed by atoms with van der Waals surface area (Å²) in [6, 6.07) is 0. The molecule has 0 aromatic rings. The highest BCUT2D eigenvalue weighted by Crippen LogP contribution is 2.60. The fourth-order valence-corrected chi connectivity index (χ4v) is 5.41. The van der Waals surface area contributed by atoms with Crippen LogP contribution in [0.3, 0.4) is 0 Å². The molecule has 4 fully saturated rings. The zero-order valence-corrected chi connectivity index (χ0v) is 13.8. The molecule has 124 valence electrons. The predicted molar refractivity (Wildman–Crippen MR) is 82.0 cm³/mol. The van der Waals surface area contributed by atoms with Gasteiger partial charge in [0.25, 0.3) is 0 Å². The van der Waals surface area contributed by atoms with Crippen molar-refractivity contribution in [3.8, 4) is 0 Å². The topological polar surface area (TPSA) is 52.6 Å². The van der Waals surface area contributed by atoms with Crippen LogP contribution in [0.15, 0.2) is 0 Å². The maximum atomic E-state index is 12.3. The summed E-state index contributed by atoms with van der Waals surface area (Å²) in [7, 11) is 0. The van der Waals surface area contributed by atoms with Crippen LogP contribution in [0.5, 0.6) is 0 Å². The van der Waals surface area contributed by atoms with Crippen molar-refractivity contribution in [1.29, 1.82) is 0 Å². The third-order valence-electron chi connectivity index (χ3n) is 6.23. The van der Waals surface area contributed by atoms with Gasteiger partial charge in [0.05, 0.1) is 6.42 Å². The molecule has 4 rings (SSSR count). The summed E-state index contributed by atoms with van der Waals surface area (Å²) in [5.74, 6) is 2.38. The molecule has 4 saturated carbocycles. The number of esters is 2. The maximum absolute atomic E-state index is 12.3. The Morgan fingerprint density at radius 1 is 0.955 bits per heavy atom. The molecule has 0 spiro atoms. The molecule has 4 bridgehead atoms. The molecule has 0 aliphatic heterocycles. The van der Waals surface area contributed by atoms with Crippen LogP contribution in [0.1, 0.15) is 65.2 Å². The van der Waals surface area contributed by atoms with E-state index in [0.29, 0.717) is 18.3 Å². The quantitative estimate of drug-likeness (QED) is 0.705. The fourth-order valence-electron chi connectivity index (χ4n) is 5.41. The minimum atomic E-state index is -0.257. The molecule has 22 heavy (non-hydrogen) atoms. The molecule has 0 radical (unpaired) electrons. The van der Waals surface area contributed by atoms with Crippen molar-refractivity contribution in [3.63, 3.8) is 0 Å². The number of carbonyl (C=O) groups is 2. The van der Waals surface area contributed by atoms with E-state index in [9.17, 15) is 9.59 Å². The number of rotatable bonds is 6. The van der Waals surface area contributed by atoms with Crippen LogP contribution in [0.25, 0.3) is 0 Å². The van der Waals surface area contributed by atoms with Crippen molar-refractivity contribution in [2.75, 3.05) is 6.61 Å². The Hall–Kier alpha value is -1.06. The molecular weight excluding hydrogens is 280 g/mol. The molecule has 0 N–H and O–H groups in total. The second kappa shape index (κ2) is 6.21. The largest absolute Gasteiger partial charge is 0.465 e. The molecule has 4 nitrogen and oxygen atoms in total. The van der Waals surface area contributed by atoms with E-state index in [2.05, 4.69) is 6.92 Å². The highest BCUT2D eigenvalue weighted by molar-refractivity contribution is 5.72. The third-order valence-corrected chi connectivity index (χ3v) is 6.23. The number of carbonyl (C=O) groups excluding carboxylic acids is 2. The van der Waals surface area contributed by atoms with Crippen LogP contribution in [0, 0.1) is 23.7 Å². The Morgan fingerprint density at radius 3 is 2.05 bits per heavy atom. The number of hydrogen-bond acceptors (Lipinski definition) is 4. The van der Waals surface area contributed by atoms with Crippen molar-refractivity contribution in [2.24, 2.45) is 23.7 Å². The zero-order valence-electron chi connectivity index (χ0n) is 13.8. The molecule has 0 unspecified atom stereocenters. The molecule has 0 heterocycles. The van der Waals surface area contributed by atoms with E-state index in [-0.39, 0.29) is 30.6 Å². The minimum absolute atomic E-state index is 0.145. The minimum Gasteiger partial charge on any atom is -0.465 e. The van der Waals surface area contributed by atoms with Gasteiger partial charge in [-0.05, 0) is 62.2 Å². The fraction of sp³-hybridized carbons (Fsp3) is 0.889. The van der Waals surface area contributed by atoms with Gasteiger partial charge in [0.15, 0.2) is 0 Å². The second-order valence-electron chi connectivity index (χ2n) is 7.41. The van der Waals surface area contributed by atoms with Gasteiger partial charge in [0.1, 0.15) is 12.2 Å². The van der Waals surface area contributed by atoms with Crippen molar-refractivity contribution < 1.29 is 19.1 Å². The molecule has 0 amide bonds. The van der Waals surface area contributed by atoms with Crippen LogP contribution in [-0.2, 0) is 19.1 Å². The Balaban J connectivity index is 1.59. The van der Waals surface area contributed by atoms with Gasteiger partial charge in [0.2, 0.25) is 0 Å². The first-order chi connectivity index (χ1) is 10.6. The Bertz CT molecular complexity index is 414. The third kappa shape index (κ3) is 2.77. The summed E-state index contributed by atoms with van der Waals surface area (Å²) in [5.41, 5.74) is -0.237. The molecular formula is C18H28O4. The van der Waals surface area contributed by atoms with E-state index in [1.54, 1.807) is 6.92 Å². The molecule has 0 atom stereocenters. The van der Waals surface area contributed by atoms with Gasteiger partial charge < -0.3 is 9.47 Å². The molecule has 4 aliphatic rings. The van der Waals surface area contributed by atoms with Crippen LogP contribution in [0.2, 0.25) is 0 Å². The zero-order chi connectivity index (χ0) is 15.7. The van der Waals surface area contributed by atoms with Crippen molar-refractivity contribution in [2.45, 2.75) is 70.8 Å². The number of ether oxygens (including phenoxy) is 2. The van der Waals surface area contributed by atoms with Crippen molar-refractivity contribution >= 4 is 11.9 Å². The Labute approximate surface area is 132 Å². The second-order valence-corrected chi connectivity index (χ2v) is 7.41. The highest BCUT2D eigenvalue weighted by atomic mass is 16.6. The van der Waals surface area contributed by atoms with Gasteiger partial charge in [-0.1, -0.05) is 13.8 Å². The standard InChI is InChI=1S/C18H28O4/c1-3-16(19)21-6-5-17(20)22-18(4-2)14-8-12-7-13(10-14)11-15(18)9-12/h12-15H,3-11H2,1-2H3. The first-order valence-electron chi connectivity index (χ1n) is 8.94. The van der Waals surface area contributed by atoms with E-state index in [1.165, 1.54) is 32.1 Å². The Morgan fingerprint density at radius 2 is 1.55 bits per heavy atom. The lowest BCUT2D eigenvalue weighted by Crippen LogP contribution is -2.59. The summed E-state index contributed by atoms with van der Waals surface area (Å²) >= 11 is 0. The highest BCUT2D eigenvalue weighted by Gasteiger charge is 2.58. The maximum Gasteiger partial charge on any atom is 0.309 e. The molecule has 0 aromatic heterocycles. The van der Waals surface area contributed by atoms with E-state index >= 15 is 0 Å². The lowest BCUT2D eigenvalue weighted by Gasteiger charge is -2.60. The monoisotopic (exact) mass is 308 g/mol. The van der Waals surface area contributed by atoms with Crippen LogP contribution in [-0.4, -0.2) is 24.1 Å². The first kappa shape index (κ1) is 15.8. The summed E-state index contributed by atoms with van der Waals surface area (Å²) in [6.07, 6.45) is 7.78. The van der Waals surface area contributed by atoms with E-state index < -0.39 is 0 Å². The van der Waals surface area contributed by atoms with Gasteiger partial charge in [-0.25, -0.2) is 0 Å². The summed E-state index contributed by atoms with van der Waals surface area (Å²) in [5, 5.41) is 0. The van der Waals surface area contributed by atoms with Gasteiger partial charge in [-0.3, -0.25) is 9.59 Å². The Kier molecular flexibility index (Phi) is 4.47. The van der Waals surface area contributed by atoms with Gasteiger partial charge >= 0.3 is 11.9 Å². The summed E-state index contributed by atoms with van der Waals surface area (Å²) < 4.78 is 11.0. The first-order valence-corrected chi connectivity index (χ1v) is 8.94. The molecule has 0 saturated heterocycles. The van der Waals surface area contributed by atoms with Crippen molar-refractivity contribution in [1.82, 2.24) is 0 Å². The lowest BCUT2D eigenvalue weighted by molar-refractivity contribution is -0.211. The number of hydrogen-bond donors (Lipinski definition) is 0. The van der Waals surface area contributed by atoms with Crippen LogP contribution >= 0.6 is 0 Å².